The van der Waals surface area contributed by atoms with E-state index in [1.54, 1.807) is 31.0 Å². The largest absolute Gasteiger partial charge is 0.388 e. The normalized spacial score (nSPS) is 16.2. The highest BCUT2D eigenvalue weighted by molar-refractivity contribution is 5.82. The lowest BCUT2D eigenvalue weighted by Crippen LogP contribution is -2.44. The van der Waals surface area contributed by atoms with E-state index in [0.29, 0.717) is 17.9 Å². The predicted octanol–water partition coefficient (Wildman–Crippen LogP) is 0.333. The molecule has 0 aliphatic heterocycles. The van der Waals surface area contributed by atoms with Crippen LogP contribution in [0.5, 0.6) is 0 Å². The zero-order valence-corrected chi connectivity index (χ0v) is 12.1. The molecule has 0 aliphatic rings. The molecule has 4 N–H and O–H groups in total. The summed E-state index contributed by atoms with van der Waals surface area (Å²) < 4.78 is 1.59. The van der Waals surface area contributed by atoms with Crippen molar-refractivity contribution in [3.05, 3.63) is 18.0 Å². The molecule has 1 aromatic rings. The molecule has 108 valence electrons. The van der Waals surface area contributed by atoms with Gasteiger partial charge in [-0.15, -0.1) is 0 Å². The zero-order chi connectivity index (χ0) is 14.6. The Balaban J connectivity index is 2.51. The molecule has 2 atom stereocenters. The Kier molecular flexibility index (Phi) is 5.08. The van der Waals surface area contributed by atoms with Crippen molar-refractivity contribution in [2.24, 2.45) is 18.7 Å². The van der Waals surface area contributed by atoms with Crippen LogP contribution in [0.2, 0.25) is 0 Å². The zero-order valence-electron chi connectivity index (χ0n) is 12.1. The number of hydrogen-bond donors (Lipinski definition) is 3. The van der Waals surface area contributed by atoms with Crippen molar-refractivity contribution >= 4 is 5.91 Å². The Morgan fingerprint density at radius 3 is 2.74 bits per heavy atom. The third kappa shape index (κ3) is 5.00. The highest BCUT2D eigenvalue weighted by Gasteiger charge is 2.24. The molecule has 2 unspecified atom stereocenters. The summed E-state index contributed by atoms with van der Waals surface area (Å²) in [6.45, 7) is 5.95. The van der Waals surface area contributed by atoms with E-state index in [2.05, 4.69) is 10.4 Å². The third-order valence-electron chi connectivity index (χ3n) is 2.86. The van der Waals surface area contributed by atoms with Crippen LogP contribution in [0.3, 0.4) is 0 Å². The number of nitrogens with two attached hydrogens (primary N) is 1. The van der Waals surface area contributed by atoms with Crippen molar-refractivity contribution in [2.75, 3.05) is 6.54 Å². The molecule has 1 heterocycles. The molecule has 1 amide bonds. The van der Waals surface area contributed by atoms with Crippen molar-refractivity contribution in [2.45, 2.75) is 38.8 Å². The average Bonchev–Trinajstić information content (AvgIpc) is 2.70. The molecule has 0 radical (unpaired) electrons. The number of aromatic nitrogens is 2. The molecule has 0 saturated carbocycles. The van der Waals surface area contributed by atoms with Crippen molar-refractivity contribution < 1.29 is 9.90 Å². The van der Waals surface area contributed by atoms with Gasteiger partial charge in [0.15, 0.2) is 0 Å². The smallest absolute Gasteiger partial charge is 0.241 e. The topological polar surface area (TPSA) is 93.2 Å². The summed E-state index contributed by atoms with van der Waals surface area (Å²) in [5.41, 5.74) is 5.57. The quantitative estimate of drug-likeness (QED) is 0.693. The summed E-state index contributed by atoms with van der Waals surface area (Å²) in [4.78, 5) is 11.9. The molecule has 0 aromatic carbocycles. The van der Waals surface area contributed by atoms with E-state index in [0.717, 1.165) is 0 Å². The number of carbonyl (C=O) groups is 1. The Hall–Kier alpha value is -1.40. The van der Waals surface area contributed by atoms with Crippen molar-refractivity contribution in [3.8, 4) is 0 Å². The first-order chi connectivity index (χ1) is 8.71. The fourth-order valence-corrected chi connectivity index (χ4v) is 2.09. The fraction of sp³-hybridized carbons (Fsp3) is 0.692. The number of nitrogens with one attached hydrogen (secondary N) is 1. The van der Waals surface area contributed by atoms with Crippen LogP contribution >= 0.6 is 0 Å². The lowest BCUT2D eigenvalue weighted by Gasteiger charge is -2.26. The van der Waals surface area contributed by atoms with Gasteiger partial charge in [-0.1, -0.05) is 13.8 Å². The lowest BCUT2D eigenvalue weighted by atomic mass is 9.94. The Bertz CT molecular complexity index is 426. The second-order valence-electron chi connectivity index (χ2n) is 5.74. The van der Waals surface area contributed by atoms with Crippen LogP contribution in [-0.2, 0) is 11.8 Å². The van der Waals surface area contributed by atoms with Crippen LogP contribution in [-0.4, -0.2) is 32.9 Å². The maximum absolute atomic E-state index is 11.9. The number of aliphatic hydroxyl groups is 1. The highest BCUT2D eigenvalue weighted by atomic mass is 16.3. The van der Waals surface area contributed by atoms with E-state index >= 15 is 0 Å². The van der Waals surface area contributed by atoms with Gasteiger partial charge in [-0.2, -0.15) is 5.10 Å². The molecule has 19 heavy (non-hydrogen) atoms. The van der Waals surface area contributed by atoms with E-state index in [4.69, 9.17) is 5.73 Å². The average molecular weight is 268 g/mol. The minimum atomic E-state index is -0.918. The van der Waals surface area contributed by atoms with Crippen molar-refractivity contribution in [1.29, 1.82) is 0 Å². The summed E-state index contributed by atoms with van der Waals surface area (Å²) in [5.74, 6) is 0.0518. The maximum Gasteiger partial charge on any atom is 0.241 e. The highest BCUT2D eigenvalue weighted by Crippen LogP contribution is 2.15. The SMILES string of the molecule is CC(C)CC(C)(O)CNC(=O)C(N)c1cnn(C)c1. The van der Waals surface area contributed by atoms with Crippen LogP contribution in [0.15, 0.2) is 12.4 Å². The van der Waals surface area contributed by atoms with Gasteiger partial charge in [0.25, 0.3) is 0 Å². The Morgan fingerprint density at radius 2 is 2.26 bits per heavy atom. The number of nitrogens with zero attached hydrogens (tertiary/aromatic N) is 2. The molecule has 6 heteroatoms. The molecular weight excluding hydrogens is 244 g/mol. The number of amides is 1. The monoisotopic (exact) mass is 268 g/mol. The van der Waals surface area contributed by atoms with E-state index in [1.807, 2.05) is 13.8 Å². The van der Waals surface area contributed by atoms with Gasteiger partial charge >= 0.3 is 0 Å². The van der Waals surface area contributed by atoms with Gasteiger partial charge in [-0.3, -0.25) is 9.48 Å². The van der Waals surface area contributed by atoms with Crippen LogP contribution in [0.25, 0.3) is 0 Å². The van der Waals surface area contributed by atoms with E-state index in [9.17, 15) is 9.90 Å². The van der Waals surface area contributed by atoms with E-state index in [-0.39, 0.29) is 12.5 Å². The van der Waals surface area contributed by atoms with Gasteiger partial charge in [0.05, 0.1) is 11.8 Å². The summed E-state index contributed by atoms with van der Waals surface area (Å²) in [6.07, 6.45) is 3.89. The first-order valence-corrected chi connectivity index (χ1v) is 6.45. The summed E-state index contributed by atoms with van der Waals surface area (Å²) in [7, 11) is 1.77. The van der Waals surface area contributed by atoms with Gasteiger partial charge in [-0.25, -0.2) is 0 Å². The minimum absolute atomic E-state index is 0.192. The van der Waals surface area contributed by atoms with Crippen molar-refractivity contribution in [3.63, 3.8) is 0 Å². The van der Waals surface area contributed by atoms with Gasteiger partial charge in [0.1, 0.15) is 6.04 Å². The molecule has 0 fully saturated rings. The third-order valence-corrected chi connectivity index (χ3v) is 2.86. The second kappa shape index (κ2) is 6.16. The summed E-state index contributed by atoms with van der Waals surface area (Å²) in [5, 5.41) is 16.8. The lowest BCUT2D eigenvalue weighted by molar-refractivity contribution is -0.123. The standard InChI is InChI=1S/C13H24N4O2/c1-9(2)5-13(3,19)8-15-12(18)11(14)10-6-16-17(4)7-10/h6-7,9,11,19H,5,8,14H2,1-4H3,(H,15,18). The first-order valence-electron chi connectivity index (χ1n) is 6.45. The second-order valence-corrected chi connectivity index (χ2v) is 5.74. The molecule has 1 aromatic heterocycles. The molecule has 0 saturated heterocycles. The Morgan fingerprint density at radius 1 is 1.63 bits per heavy atom. The van der Waals surface area contributed by atoms with Crippen LogP contribution < -0.4 is 11.1 Å². The van der Waals surface area contributed by atoms with Gasteiger partial charge in [0.2, 0.25) is 5.91 Å². The van der Waals surface area contributed by atoms with Crippen LogP contribution in [0, 0.1) is 5.92 Å². The number of hydrogen-bond acceptors (Lipinski definition) is 4. The fourth-order valence-electron chi connectivity index (χ4n) is 2.09. The number of carbonyl (C=O) groups excluding carboxylic acids is 1. The molecule has 1 rings (SSSR count). The molecule has 0 spiro atoms. The molecular formula is C13H24N4O2. The van der Waals surface area contributed by atoms with Gasteiger partial charge in [0, 0.05) is 25.4 Å². The van der Waals surface area contributed by atoms with E-state index < -0.39 is 11.6 Å². The minimum Gasteiger partial charge on any atom is -0.388 e. The number of aryl methyl sites for hydroxylation is 1. The Labute approximate surface area is 114 Å². The van der Waals surface area contributed by atoms with E-state index in [1.165, 1.54) is 0 Å². The molecule has 0 bridgehead atoms. The molecule has 0 aliphatic carbocycles. The van der Waals surface area contributed by atoms with Crippen LogP contribution in [0.1, 0.15) is 38.8 Å². The van der Waals surface area contributed by atoms with Crippen LogP contribution in [0.4, 0.5) is 0 Å². The molecule has 6 nitrogen and oxygen atoms in total. The summed E-state index contributed by atoms with van der Waals surface area (Å²) in [6, 6.07) is -0.761. The maximum atomic E-state index is 11.9. The number of rotatable bonds is 6. The first kappa shape index (κ1) is 15.7. The van der Waals surface area contributed by atoms with Gasteiger partial charge in [-0.05, 0) is 19.3 Å². The van der Waals surface area contributed by atoms with Crippen molar-refractivity contribution in [1.82, 2.24) is 15.1 Å². The predicted molar refractivity (Wildman–Crippen MR) is 73.2 cm³/mol. The summed E-state index contributed by atoms with van der Waals surface area (Å²) >= 11 is 0. The van der Waals surface area contributed by atoms with Gasteiger partial charge < -0.3 is 16.2 Å².